The highest BCUT2D eigenvalue weighted by Crippen LogP contribution is 2.36. The van der Waals surface area contributed by atoms with Crippen molar-refractivity contribution in [3.63, 3.8) is 0 Å². The molecule has 116 valence electrons. The molecule has 0 atom stereocenters. The van der Waals surface area contributed by atoms with Gasteiger partial charge in [0.1, 0.15) is 11.6 Å². The van der Waals surface area contributed by atoms with Gasteiger partial charge < -0.3 is 4.74 Å². The Morgan fingerprint density at radius 1 is 1.27 bits per heavy atom. The van der Waals surface area contributed by atoms with Gasteiger partial charge in [0.15, 0.2) is 0 Å². The predicted molar refractivity (Wildman–Crippen MR) is 67.1 cm³/mol. The summed E-state index contributed by atoms with van der Waals surface area (Å²) >= 11 is 0. The lowest BCUT2D eigenvalue weighted by Crippen LogP contribution is -2.08. The molecule has 0 unspecified atom stereocenters. The number of benzene rings is 1. The van der Waals surface area contributed by atoms with Gasteiger partial charge in [-0.2, -0.15) is 13.2 Å². The van der Waals surface area contributed by atoms with E-state index in [1.165, 1.54) is 19.2 Å². The molecule has 0 fully saturated rings. The molecule has 0 saturated heterocycles. The van der Waals surface area contributed by atoms with E-state index in [4.69, 9.17) is 4.74 Å². The van der Waals surface area contributed by atoms with Crippen LogP contribution in [0.2, 0.25) is 0 Å². The molecule has 2 rings (SSSR count). The third-order valence-electron chi connectivity index (χ3n) is 2.73. The molecule has 9 heteroatoms. The molecule has 22 heavy (non-hydrogen) atoms. The van der Waals surface area contributed by atoms with Gasteiger partial charge >= 0.3 is 11.9 Å². The van der Waals surface area contributed by atoms with E-state index in [9.17, 15) is 27.7 Å². The van der Waals surface area contributed by atoms with E-state index in [-0.39, 0.29) is 5.56 Å². The van der Waals surface area contributed by atoms with Crippen molar-refractivity contribution in [2.75, 3.05) is 0 Å². The number of aryl methyl sites for hydroxylation is 1. The topological polar surface area (TPSA) is 65.3 Å². The second-order valence-electron chi connectivity index (χ2n) is 4.28. The number of pyridine rings is 1. The first-order valence-corrected chi connectivity index (χ1v) is 5.84. The number of aromatic nitrogens is 1. The van der Waals surface area contributed by atoms with Gasteiger partial charge in [-0.3, -0.25) is 10.1 Å². The average molecular weight is 316 g/mol. The molecule has 1 aromatic carbocycles. The molecular formula is C13H8F4N2O3. The number of hydrogen-bond donors (Lipinski definition) is 0. The number of nitrogens with zero attached hydrogens (tertiary/aromatic N) is 2. The van der Waals surface area contributed by atoms with Gasteiger partial charge in [-0.1, -0.05) is 0 Å². The molecule has 0 aliphatic rings. The predicted octanol–water partition coefficient (Wildman–Crippen LogP) is 4.25. The van der Waals surface area contributed by atoms with Crippen LogP contribution in [0.15, 0.2) is 30.5 Å². The Bertz CT molecular complexity index is 732. The SMILES string of the molecule is Cc1ccnc(Oc2ccc(F)c(C(F)(F)F)c2)c1[N+](=O)[O-]. The zero-order valence-electron chi connectivity index (χ0n) is 11.0. The minimum absolute atomic E-state index is 0.230. The maximum Gasteiger partial charge on any atom is 0.419 e. The second-order valence-corrected chi connectivity index (χ2v) is 4.28. The third-order valence-corrected chi connectivity index (χ3v) is 2.73. The van der Waals surface area contributed by atoms with Crippen molar-refractivity contribution in [3.05, 3.63) is 57.5 Å². The largest absolute Gasteiger partial charge is 0.434 e. The minimum Gasteiger partial charge on any atom is -0.434 e. The Labute approximate surface area is 121 Å². The summed E-state index contributed by atoms with van der Waals surface area (Å²) in [6, 6.07) is 3.28. The summed E-state index contributed by atoms with van der Waals surface area (Å²) in [5.41, 5.74) is -1.77. The van der Waals surface area contributed by atoms with Crippen molar-refractivity contribution in [1.29, 1.82) is 0 Å². The molecule has 0 saturated carbocycles. The first-order valence-electron chi connectivity index (χ1n) is 5.84. The van der Waals surface area contributed by atoms with Gasteiger partial charge in [-0.25, -0.2) is 9.37 Å². The number of halogens is 4. The Kier molecular flexibility index (Phi) is 3.98. The zero-order chi connectivity index (χ0) is 16.5. The summed E-state index contributed by atoms with van der Waals surface area (Å²) in [6.45, 7) is 1.43. The van der Waals surface area contributed by atoms with Crippen LogP contribution in [0.25, 0.3) is 0 Å². The van der Waals surface area contributed by atoms with Crippen LogP contribution in [-0.2, 0) is 6.18 Å². The lowest BCUT2D eigenvalue weighted by atomic mass is 10.2. The molecule has 2 aromatic rings. The average Bonchev–Trinajstić information content (AvgIpc) is 2.39. The zero-order valence-corrected chi connectivity index (χ0v) is 11.0. The van der Waals surface area contributed by atoms with Crippen molar-refractivity contribution < 1.29 is 27.2 Å². The summed E-state index contributed by atoms with van der Waals surface area (Å²) in [5, 5.41) is 11.0. The van der Waals surface area contributed by atoms with E-state index < -0.39 is 39.8 Å². The Hall–Kier alpha value is -2.71. The van der Waals surface area contributed by atoms with Crippen molar-refractivity contribution in [1.82, 2.24) is 4.98 Å². The fraction of sp³-hybridized carbons (Fsp3) is 0.154. The van der Waals surface area contributed by atoms with Gasteiger partial charge in [-0.05, 0) is 31.2 Å². The number of alkyl halides is 3. The highest BCUT2D eigenvalue weighted by Gasteiger charge is 2.34. The Morgan fingerprint density at radius 3 is 2.55 bits per heavy atom. The lowest BCUT2D eigenvalue weighted by Gasteiger charge is -2.11. The van der Waals surface area contributed by atoms with Crippen molar-refractivity contribution in [2.45, 2.75) is 13.1 Å². The van der Waals surface area contributed by atoms with Gasteiger partial charge in [0, 0.05) is 11.8 Å². The molecular weight excluding hydrogens is 308 g/mol. The smallest absolute Gasteiger partial charge is 0.419 e. The first kappa shape index (κ1) is 15.7. The van der Waals surface area contributed by atoms with E-state index in [2.05, 4.69) is 4.98 Å². The van der Waals surface area contributed by atoms with Gasteiger partial charge in [0.05, 0.1) is 10.5 Å². The molecule has 0 N–H and O–H groups in total. The Morgan fingerprint density at radius 2 is 1.95 bits per heavy atom. The normalized spacial score (nSPS) is 11.3. The summed E-state index contributed by atoms with van der Waals surface area (Å²) in [6.07, 6.45) is -3.69. The lowest BCUT2D eigenvalue weighted by molar-refractivity contribution is -0.386. The summed E-state index contributed by atoms with van der Waals surface area (Å²) in [5.74, 6) is -2.34. The molecule has 5 nitrogen and oxygen atoms in total. The van der Waals surface area contributed by atoms with Crippen molar-refractivity contribution in [2.24, 2.45) is 0 Å². The van der Waals surface area contributed by atoms with Crippen LogP contribution in [0.1, 0.15) is 11.1 Å². The van der Waals surface area contributed by atoms with E-state index >= 15 is 0 Å². The van der Waals surface area contributed by atoms with E-state index in [1.54, 1.807) is 0 Å². The minimum atomic E-state index is -4.91. The number of rotatable bonds is 3. The highest BCUT2D eigenvalue weighted by molar-refractivity contribution is 5.49. The quantitative estimate of drug-likeness (QED) is 0.482. The van der Waals surface area contributed by atoms with Crippen LogP contribution in [-0.4, -0.2) is 9.91 Å². The molecule has 0 aliphatic carbocycles. The molecule has 0 aliphatic heterocycles. The van der Waals surface area contributed by atoms with Gasteiger partial charge in [0.25, 0.3) is 5.88 Å². The highest BCUT2D eigenvalue weighted by atomic mass is 19.4. The van der Waals surface area contributed by atoms with E-state index in [0.717, 1.165) is 6.07 Å². The number of nitro groups is 1. The fourth-order valence-electron chi connectivity index (χ4n) is 1.72. The van der Waals surface area contributed by atoms with Gasteiger partial charge in [0.2, 0.25) is 0 Å². The number of ether oxygens (including phenoxy) is 1. The fourth-order valence-corrected chi connectivity index (χ4v) is 1.72. The first-order chi connectivity index (χ1) is 10.2. The summed E-state index contributed by atoms with van der Waals surface area (Å²) in [7, 11) is 0. The van der Waals surface area contributed by atoms with Crippen LogP contribution < -0.4 is 4.74 Å². The van der Waals surface area contributed by atoms with Crippen LogP contribution in [0.3, 0.4) is 0 Å². The summed E-state index contributed by atoms with van der Waals surface area (Å²) < 4.78 is 56.1. The molecule has 0 spiro atoms. The van der Waals surface area contributed by atoms with Crippen LogP contribution in [0.5, 0.6) is 11.6 Å². The summed E-state index contributed by atoms with van der Waals surface area (Å²) in [4.78, 5) is 13.8. The number of hydrogen-bond acceptors (Lipinski definition) is 4. The van der Waals surface area contributed by atoms with Gasteiger partial charge in [-0.15, -0.1) is 0 Å². The molecule has 0 radical (unpaired) electrons. The van der Waals surface area contributed by atoms with Crippen molar-refractivity contribution >= 4 is 5.69 Å². The Balaban J connectivity index is 2.45. The van der Waals surface area contributed by atoms with E-state index in [1.807, 2.05) is 0 Å². The molecule has 0 bridgehead atoms. The third kappa shape index (κ3) is 3.13. The second kappa shape index (κ2) is 5.58. The van der Waals surface area contributed by atoms with E-state index in [0.29, 0.717) is 12.1 Å². The van der Waals surface area contributed by atoms with Crippen LogP contribution >= 0.6 is 0 Å². The molecule has 1 aromatic heterocycles. The maximum absolute atomic E-state index is 13.2. The van der Waals surface area contributed by atoms with Crippen LogP contribution in [0.4, 0.5) is 23.2 Å². The molecule has 0 amide bonds. The molecule has 1 heterocycles. The maximum atomic E-state index is 13.2. The van der Waals surface area contributed by atoms with Crippen LogP contribution in [0, 0.1) is 22.9 Å². The standard InChI is InChI=1S/C13H8F4N2O3/c1-7-4-5-18-12(11(7)19(20)21)22-8-2-3-10(14)9(6-8)13(15,16)17/h2-6H,1H3. The van der Waals surface area contributed by atoms with Crippen molar-refractivity contribution in [3.8, 4) is 11.6 Å². The monoisotopic (exact) mass is 316 g/mol.